The maximum Gasteiger partial charge on any atom is 0.139 e. The van der Waals surface area contributed by atoms with Gasteiger partial charge in [-0.3, -0.25) is 4.68 Å². The molecule has 3 N–H and O–H groups in total. The molecule has 0 aliphatic carbocycles. The zero-order valence-corrected chi connectivity index (χ0v) is 10.6. The highest BCUT2D eigenvalue weighted by molar-refractivity contribution is 9.10. The molecule has 2 aromatic rings. The van der Waals surface area contributed by atoms with Gasteiger partial charge >= 0.3 is 0 Å². The molecule has 0 spiro atoms. The van der Waals surface area contributed by atoms with Crippen LogP contribution in [0.3, 0.4) is 0 Å². The van der Waals surface area contributed by atoms with E-state index >= 15 is 0 Å². The maximum absolute atomic E-state index is 10.00. The van der Waals surface area contributed by atoms with Crippen LogP contribution in [0.1, 0.15) is 5.56 Å². The molecule has 0 fully saturated rings. The zero-order valence-electron chi connectivity index (χ0n) is 9.03. The topological polar surface area (TPSA) is 64.1 Å². The molecule has 0 saturated heterocycles. The summed E-state index contributed by atoms with van der Waals surface area (Å²) in [4.78, 5) is 0. The molecule has 0 saturated carbocycles. The highest BCUT2D eigenvalue weighted by atomic mass is 79.9. The van der Waals surface area contributed by atoms with Gasteiger partial charge in [0.1, 0.15) is 11.6 Å². The van der Waals surface area contributed by atoms with Crippen molar-refractivity contribution in [3.63, 3.8) is 0 Å². The SMILES string of the molecule is Cc1ccc(Br)c(O)c1-c1cc(N)n(C)n1. The minimum atomic E-state index is 0.193. The number of phenols is 1. The largest absolute Gasteiger partial charge is 0.506 e. The molecule has 5 heteroatoms. The van der Waals surface area contributed by atoms with E-state index in [-0.39, 0.29) is 5.75 Å². The standard InChI is InChI=1S/C11H12BrN3O/c1-6-3-4-7(12)11(16)10(6)8-5-9(13)15(2)14-8/h3-5,16H,13H2,1-2H3. The average Bonchev–Trinajstić information content (AvgIpc) is 2.54. The monoisotopic (exact) mass is 281 g/mol. The van der Waals surface area contributed by atoms with Crippen LogP contribution in [0.2, 0.25) is 0 Å². The Kier molecular flexibility index (Phi) is 2.63. The third-order valence-corrected chi connectivity index (χ3v) is 3.15. The minimum Gasteiger partial charge on any atom is -0.506 e. The normalized spacial score (nSPS) is 10.7. The molecule has 1 heterocycles. The number of hydrogen-bond donors (Lipinski definition) is 2. The molecule has 1 aromatic carbocycles. The van der Waals surface area contributed by atoms with Crippen LogP contribution in [-0.4, -0.2) is 14.9 Å². The number of nitrogen functional groups attached to an aromatic ring is 1. The van der Waals surface area contributed by atoms with Gasteiger partial charge in [-0.25, -0.2) is 0 Å². The Labute approximate surface area is 102 Å². The first-order valence-corrected chi connectivity index (χ1v) is 5.58. The van der Waals surface area contributed by atoms with Crippen molar-refractivity contribution in [3.05, 3.63) is 28.2 Å². The highest BCUT2D eigenvalue weighted by Crippen LogP contribution is 2.37. The Morgan fingerprint density at radius 3 is 2.69 bits per heavy atom. The third kappa shape index (κ3) is 1.67. The van der Waals surface area contributed by atoms with Gasteiger partial charge in [0.2, 0.25) is 0 Å². The quantitative estimate of drug-likeness (QED) is 0.844. The van der Waals surface area contributed by atoms with Crippen molar-refractivity contribution in [2.24, 2.45) is 7.05 Å². The summed E-state index contributed by atoms with van der Waals surface area (Å²) in [6.45, 7) is 1.92. The van der Waals surface area contributed by atoms with Crippen LogP contribution < -0.4 is 5.73 Å². The summed E-state index contributed by atoms with van der Waals surface area (Å²) in [5.41, 5.74) is 8.07. The third-order valence-electron chi connectivity index (χ3n) is 2.51. The lowest BCUT2D eigenvalue weighted by atomic mass is 10.0. The van der Waals surface area contributed by atoms with Crippen molar-refractivity contribution in [2.45, 2.75) is 6.92 Å². The van der Waals surface area contributed by atoms with Gasteiger partial charge in [-0.15, -0.1) is 0 Å². The fourth-order valence-corrected chi connectivity index (χ4v) is 1.92. The second kappa shape index (κ2) is 3.83. The van der Waals surface area contributed by atoms with Gasteiger partial charge < -0.3 is 10.8 Å². The summed E-state index contributed by atoms with van der Waals surface area (Å²) in [7, 11) is 1.77. The molecule has 0 bridgehead atoms. The van der Waals surface area contributed by atoms with Gasteiger partial charge in [0.25, 0.3) is 0 Å². The molecule has 0 aliphatic rings. The summed E-state index contributed by atoms with van der Waals surface area (Å²) >= 11 is 3.29. The predicted molar refractivity (Wildman–Crippen MR) is 67.2 cm³/mol. The van der Waals surface area contributed by atoms with Gasteiger partial charge in [-0.2, -0.15) is 5.10 Å². The fraction of sp³-hybridized carbons (Fsp3) is 0.182. The summed E-state index contributed by atoms with van der Waals surface area (Å²) in [6.07, 6.45) is 0. The van der Waals surface area contributed by atoms with E-state index in [1.165, 1.54) is 0 Å². The Bertz CT molecular complexity index is 529. The van der Waals surface area contributed by atoms with Gasteiger partial charge in [0.05, 0.1) is 10.2 Å². The number of rotatable bonds is 1. The van der Waals surface area contributed by atoms with Crippen LogP contribution >= 0.6 is 15.9 Å². The van der Waals surface area contributed by atoms with Crippen molar-refractivity contribution < 1.29 is 5.11 Å². The van der Waals surface area contributed by atoms with Crippen LogP contribution in [0, 0.1) is 6.92 Å². The number of aryl methyl sites for hydroxylation is 2. The molecule has 84 valence electrons. The van der Waals surface area contributed by atoms with Gasteiger partial charge in [0.15, 0.2) is 0 Å². The summed E-state index contributed by atoms with van der Waals surface area (Å²) in [6, 6.07) is 5.47. The number of nitrogens with zero attached hydrogens (tertiary/aromatic N) is 2. The molecule has 0 atom stereocenters. The van der Waals surface area contributed by atoms with Crippen molar-refractivity contribution in [3.8, 4) is 17.0 Å². The van der Waals surface area contributed by atoms with Gasteiger partial charge in [-0.1, -0.05) is 6.07 Å². The first kappa shape index (κ1) is 11.0. The second-order valence-corrected chi connectivity index (χ2v) is 4.52. The molecule has 2 rings (SSSR count). The zero-order chi connectivity index (χ0) is 11.9. The smallest absolute Gasteiger partial charge is 0.139 e. The lowest BCUT2D eigenvalue weighted by molar-refractivity contribution is 0.473. The van der Waals surface area contributed by atoms with Crippen molar-refractivity contribution in [1.82, 2.24) is 9.78 Å². The Balaban J connectivity index is 2.68. The number of hydrogen-bond acceptors (Lipinski definition) is 3. The van der Waals surface area contributed by atoms with Crippen LogP contribution in [-0.2, 0) is 7.05 Å². The number of nitrogens with two attached hydrogens (primary N) is 1. The second-order valence-electron chi connectivity index (χ2n) is 3.67. The number of aromatic nitrogens is 2. The van der Waals surface area contributed by atoms with Crippen molar-refractivity contribution in [1.29, 1.82) is 0 Å². The van der Waals surface area contributed by atoms with Crippen molar-refractivity contribution in [2.75, 3.05) is 5.73 Å². The highest BCUT2D eigenvalue weighted by Gasteiger charge is 2.14. The number of benzene rings is 1. The van der Waals surface area contributed by atoms with Crippen LogP contribution in [0.5, 0.6) is 5.75 Å². The average molecular weight is 282 g/mol. The van der Waals surface area contributed by atoms with E-state index in [1.807, 2.05) is 13.0 Å². The molecule has 0 unspecified atom stereocenters. The summed E-state index contributed by atoms with van der Waals surface area (Å²) in [5, 5.41) is 14.2. The molecular formula is C11H12BrN3O. The van der Waals surface area contributed by atoms with E-state index in [4.69, 9.17) is 5.73 Å². The van der Waals surface area contributed by atoms with Gasteiger partial charge in [0, 0.05) is 18.7 Å². The molecule has 0 aliphatic heterocycles. The number of phenolic OH excluding ortho intramolecular Hbond substituents is 1. The van der Waals surface area contributed by atoms with Crippen LogP contribution in [0.15, 0.2) is 22.7 Å². The van der Waals surface area contributed by atoms with Crippen molar-refractivity contribution >= 4 is 21.7 Å². The summed E-state index contributed by atoms with van der Waals surface area (Å²) in [5.74, 6) is 0.756. The fourth-order valence-electron chi connectivity index (χ4n) is 1.59. The number of aromatic hydroxyl groups is 1. The molecule has 4 nitrogen and oxygen atoms in total. The number of halogens is 1. The van der Waals surface area contributed by atoms with E-state index < -0.39 is 0 Å². The maximum atomic E-state index is 10.00. The Hall–Kier alpha value is -1.49. The first-order chi connectivity index (χ1) is 7.50. The van der Waals surface area contributed by atoms with Gasteiger partial charge in [-0.05, 0) is 34.5 Å². The van der Waals surface area contributed by atoms with E-state index in [2.05, 4.69) is 21.0 Å². The minimum absolute atomic E-state index is 0.193. The molecule has 16 heavy (non-hydrogen) atoms. The molecule has 0 amide bonds. The number of anilines is 1. The first-order valence-electron chi connectivity index (χ1n) is 4.78. The lowest BCUT2D eigenvalue weighted by Crippen LogP contribution is -1.96. The molecular weight excluding hydrogens is 270 g/mol. The Morgan fingerprint density at radius 2 is 2.12 bits per heavy atom. The van der Waals surface area contributed by atoms with E-state index in [9.17, 15) is 5.11 Å². The molecule has 1 aromatic heterocycles. The van der Waals surface area contributed by atoms with Crippen LogP contribution in [0.25, 0.3) is 11.3 Å². The lowest BCUT2D eigenvalue weighted by Gasteiger charge is -2.07. The molecule has 0 radical (unpaired) electrons. The van der Waals surface area contributed by atoms with E-state index in [0.717, 1.165) is 5.56 Å². The summed E-state index contributed by atoms with van der Waals surface area (Å²) < 4.78 is 2.23. The van der Waals surface area contributed by atoms with E-state index in [0.29, 0.717) is 21.5 Å². The van der Waals surface area contributed by atoms with Crippen LogP contribution in [0.4, 0.5) is 5.82 Å². The predicted octanol–water partition coefficient (Wildman–Crippen LogP) is 2.45. The van der Waals surface area contributed by atoms with E-state index in [1.54, 1.807) is 23.9 Å². The Morgan fingerprint density at radius 1 is 1.44 bits per heavy atom.